The van der Waals surface area contributed by atoms with Gasteiger partial charge < -0.3 is 4.74 Å². The second-order valence-electron chi connectivity index (χ2n) is 4.64. The van der Waals surface area contributed by atoms with Crippen LogP contribution in [0.3, 0.4) is 0 Å². The van der Waals surface area contributed by atoms with Crippen LogP contribution < -0.4 is 0 Å². The van der Waals surface area contributed by atoms with Gasteiger partial charge in [0, 0.05) is 12.6 Å². The maximum absolute atomic E-state index is 13.5. The Morgan fingerprint density at radius 1 is 1.42 bits per heavy atom. The predicted molar refractivity (Wildman–Crippen MR) is 72.9 cm³/mol. The van der Waals surface area contributed by atoms with Crippen molar-refractivity contribution < 1.29 is 17.5 Å². The number of hydrogen-bond donors (Lipinski definition) is 0. The van der Waals surface area contributed by atoms with Crippen molar-refractivity contribution >= 4 is 26.0 Å². The van der Waals surface area contributed by atoms with E-state index in [2.05, 4.69) is 15.9 Å². The summed E-state index contributed by atoms with van der Waals surface area (Å²) in [7, 11) is -3.69. The number of nitrogens with zero attached hydrogens (tertiary/aromatic N) is 1. The third-order valence-electron chi connectivity index (χ3n) is 3.05. The molecule has 0 bridgehead atoms. The molecule has 0 N–H and O–H groups in total. The van der Waals surface area contributed by atoms with E-state index in [-0.39, 0.29) is 28.1 Å². The molecule has 4 nitrogen and oxygen atoms in total. The van der Waals surface area contributed by atoms with Crippen molar-refractivity contribution in [1.29, 1.82) is 0 Å². The van der Waals surface area contributed by atoms with E-state index in [1.165, 1.54) is 16.4 Å². The molecule has 1 aliphatic rings. The standard InChI is InChI=1S/C12H15BrFNO3S/c1-8-7-18-9(2)6-15(8)19(16,17)10-3-4-11(13)12(14)5-10/h3-5,8-9H,6-7H2,1-2H3. The molecular weight excluding hydrogens is 337 g/mol. The average molecular weight is 352 g/mol. The van der Waals surface area contributed by atoms with Crippen LogP contribution in [0.5, 0.6) is 0 Å². The van der Waals surface area contributed by atoms with E-state index in [0.29, 0.717) is 6.61 Å². The molecule has 1 fully saturated rings. The minimum atomic E-state index is -3.69. The van der Waals surface area contributed by atoms with Gasteiger partial charge in [0.05, 0.1) is 22.1 Å². The maximum Gasteiger partial charge on any atom is 0.243 e. The van der Waals surface area contributed by atoms with Gasteiger partial charge in [-0.2, -0.15) is 4.31 Å². The Balaban J connectivity index is 2.38. The van der Waals surface area contributed by atoms with E-state index in [0.717, 1.165) is 6.07 Å². The summed E-state index contributed by atoms with van der Waals surface area (Å²) >= 11 is 3.01. The molecule has 1 aromatic rings. The van der Waals surface area contributed by atoms with E-state index in [9.17, 15) is 12.8 Å². The van der Waals surface area contributed by atoms with Crippen molar-refractivity contribution in [2.45, 2.75) is 30.9 Å². The first-order valence-electron chi connectivity index (χ1n) is 5.91. The van der Waals surface area contributed by atoms with Crippen molar-refractivity contribution in [2.75, 3.05) is 13.2 Å². The molecule has 0 amide bonds. The topological polar surface area (TPSA) is 46.6 Å². The maximum atomic E-state index is 13.5. The summed E-state index contributed by atoms with van der Waals surface area (Å²) < 4.78 is 45.5. The number of sulfonamides is 1. The van der Waals surface area contributed by atoms with Crippen molar-refractivity contribution in [1.82, 2.24) is 4.31 Å². The lowest BCUT2D eigenvalue weighted by Gasteiger charge is -2.35. The van der Waals surface area contributed by atoms with Crippen LogP contribution in [0.1, 0.15) is 13.8 Å². The molecular formula is C12H15BrFNO3S. The first kappa shape index (κ1) is 14.9. The minimum absolute atomic E-state index is 0.0332. The van der Waals surface area contributed by atoms with Gasteiger partial charge >= 0.3 is 0 Å². The van der Waals surface area contributed by atoms with Crippen LogP contribution in [0.15, 0.2) is 27.6 Å². The molecule has 2 atom stereocenters. The monoisotopic (exact) mass is 351 g/mol. The first-order valence-corrected chi connectivity index (χ1v) is 8.14. The Morgan fingerprint density at radius 2 is 2.11 bits per heavy atom. The average Bonchev–Trinajstić information content (AvgIpc) is 2.35. The molecule has 0 aliphatic carbocycles. The number of morpholine rings is 1. The predicted octanol–water partition coefficient (Wildman–Crippen LogP) is 2.39. The fraction of sp³-hybridized carbons (Fsp3) is 0.500. The zero-order valence-electron chi connectivity index (χ0n) is 10.6. The zero-order valence-corrected chi connectivity index (χ0v) is 13.0. The SMILES string of the molecule is CC1CN(S(=O)(=O)c2ccc(Br)c(F)c2)C(C)CO1. The summed E-state index contributed by atoms with van der Waals surface area (Å²) in [4.78, 5) is -0.0332. The van der Waals surface area contributed by atoms with Gasteiger partial charge in [-0.15, -0.1) is 0 Å². The van der Waals surface area contributed by atoms with Crippen LogP contribution in [0, 0.1) is 5.82 Å². The molecule has 1 aliphatic heterocycles. The molecule has 0 radical (unpaired) electrons. The second-order valence-corrected chi connectivity index (χ2v) is 7.39. The molecule has 2 rings (SSSR count). The molecule has 2 unspecified atom stereocenters. The van der Waals surface area contributed by atoms with E-state index < -0.39 is 15.8 Å². The van der Waals surface area contributed by atoms with Gasteiger partial charge in [-0.3, -0.25) is 0 Å². The number of rotatable bonds is 2. The van der Waals surface area contributed by atoms with Crippen molar-refractivity contribution in [3.63, 3.8) is 0 Å². The van der Waals surface area contributed by atoms with Gasteiger partial charge in [-0.25, -0.2) is 12.8 Å². The van der Waals surface area contributed by atoms with Crippen molar-refractivity contribution in [3.05, 3.63) is 28.5 Å². The second kappa shape index (κ2) is 5.47. The van der Waals surface area contributed by atoms with Gasteiger partial charge in [0.1, 0.15) is 5.82 Å². The highest BCUT2D eigenvalue weighted by Crippen LogP contribution is 2.25. The molecule has 7 heteroatoms. The van der Waals surface area contributed by atoms with Crippen LogP contribution in [-0.4, -0.2) is 38.0 Å². The lowest BCUT2D eigenvalue weighted by molar-refractivity contribution is -0.0170. The smallest absolute Gasteiger partial charge is 0.243 e. The number of halogens is 2. The van der Waals surface area contributed by atoms with E-state index in [4.69, 9.17) is 4.74 Å². The van der Waals surface area contributed by atoms with Gasteiger partial charge in [0.2, 0.25) is 10.0 Å². The van der Waals surface area contributed by atoms with Crippen LogP contribution in [0.2, 0.25) is 0 Å². The Kier molecular flexibility index (Phi) is 4.29. The number of hydrogen-bond acceptors (Lipinski definition) is 3. The molecule has 106 valence electrons. The third-order valence-corrected chi connectivity index (χ3v) is 5.67. The van der Waals surface area contributed by atoms with Crippen LogP contribution in [0.4, 0.5) is 4.39 Å². The molecule has 1 heterocycles. The number of ether oxygens (including phenoxy) is 1. The summed E-state index contributed by atoms with van der Waals surface area (Å²) in [6.45, 7) is 4.22. The first-order chi connectivity index (χ1) is 8.82. The van der Waals surface area contributed by atoms with Gasteiger partial charge in [0.25, 0.3) is 0 Å². The molecule has 1 aromatic carbocycles. The molecule has 1 saturated heterocycles. The quantitative estimate of drug-likeness (QED) is 0.821. The molecule has 0 saturated carbocycles. The van der Waals surface area contributed by atoms with Crippen LogP contribution in [0.25, 0.3) is 0 Å². The fourth-order valence-electron chi connectivity index (χ4n) is 1.98. The third kappa shape index (κ3) is 2.99. The highest BCUT2D eigenvalue weighted by Gasteiger charge is 2.34. The molecule has 0 spiro atoms. The summed E-state index contributed by atoms with van der Waals surface area (Å²) in [6, 6.07) is 3.58. The van der Waals surface area contributed by atoms with Gasteiger partial charge in [-0.05, 0) is 48.0 Å². The minimum Gasteiger partial charge on any atom is -0.375 e. The summed E-state index contributed by atoms with van der Waals surface area (Å²) in [5, 5.41) is 0. The van der Waals surface area contributed by atoms with Crippen LogP contribution >= 0.6 is 15.9 Å². The normalized spacial score (nSPS) is 25.5. The van der Waals surface area contributed by atoms with E-state index >= 15 is 0 Å². The van der Waals surface area contributed by atoms with Crippen molar-refractivity contribution in [2.24, 2.45) is 0 Å². The largest absolute Gasteiger partial charge is 0.375 e. The highest BCUT2D eigenvalue weighted by molar-refractivity contribution is 9.10. The number of benzene rings is 1. The van der Waals surface area contributed by atoms with E-state index in [1.54, 1.807) is 6.92 Å². The Morgan fingerprint density at radius 3 is 2.74 bits per heavy atom. The Hall–Kier alpha value is -0.500. The Labute approximate surface area is 120 Å². The Bertz CT molecular complexity index is 578. The molecule has 19 heavy (non-hydrogen) atoms. The molecule has 0 aromatic heterocycles. The summed E-state index contributed by atoms with van der Waals surface area (Å²) in [6.07, 6.45) is -0.161. The lowest BCUT2D eigenvalue weighted by atomic mass is 10.2. The lowest BCUT2D eigenvalue weighted by Crippen LogP contribution is -2.50. The summed E-state index contributed by atoms with van der Waals surface area (Å²) in [5.41, 5.74) is 0. The van der Waals surface area contributed by atoms with Crippen molar-refractivity contribution in [3.8, 4) is 0 Å². The zero-order chi connectivity index (χ0) is 14.2. The fourth-order valence-corrected chi connectivity index (χ4v) is 3.93. The van der Waals surface area contributed by atoms with Gasteiger partial charge in [-0.1, -0.05) is 0 Å². The van der Waals surface area contributed by atoms with E-state index in [1.807, 2.05) is 6.92 Å². The highest BCUT2D eigenvalue weighted by atomic mass is 79.9. The van der Waals surface area contributed by atoms with Gasteiger partial charge in [0.15, 0.2) is 0 Å². The van der Waals surface area contributed by atoms with Crippen LogP contribution in [-0.2, 0) is 14.8 Å². The summed E-state index contributed by atoms with van der Waals surface area (Å²) in [5.74, 6) is -0.588.